The molecule has 2 aromatic heterocycles. The number of aryl methyl sites for hydroxylation is 1. The van der Waals surface area contributed by atoms with Crippen LogP contribution in [0.3, 0.4) is 0 Å². The fourth-order valence-electron chi connectivity index (χ4n) is 6.31. The van der Waals surface area contributed by atoms with Gasteiger partial charge in [-0.2, -0.15) is 0 Å². The van der Waals surface area contributed by atoms with Crippen molar-refractivity contribution in [2.45, 2.75) is 25.7 Å². The highest BCUT2D eigenvalue weighted by molar-refractivity contribution is 6.21. The van der Waals surface area contributed by atoms with E-state index in [0.717, 1.165) is 48.5 Å². The second kappa shape index (κ2) is 8.92. The van der Waals surface area contributed by atoms with Crippen LogP contribution in [0.2, 0.25) is 0 Å². The van der Waals surface area contributed by atoms with E-state index in [2.05, 4.69) is 120 Å². The molecule has 0 spiro atoms. The summed E-state index contributed by atoms with van der Waals surface area (Å²) in [6, 6.07) is 32.5. The molecule has 0 N–H and O–H groups in total. The topological polar surface area (TPSA) is 30.7 Å². The molecule has 0 amide bonds. The lowest BCUT2D eigenvalue weighted by molar-refractivity contribution is 0.889. The quantitative estimate of drug-likeness (QED) is 0.242. The first kappa shape index (κ1) is 22.2. The molecular weight excluding hydrogens is 474 g/mol. The molecule has 2 aliphatic carbocycles. The molecule has 0 radical (unpaired) electrons. The molecule has 0 unspecified atom stereocenters. The summed E-state index contributed by atoms with van der Waals surface area (Å²) in [5.74, 6) is 0.867. The van der Waals surface area contributed by atoms with Gasteiger partial charge in [0.15, 0.2) is 5.82 Å². The van der Waals surface area contributed by atoms with E-state index in [9.17, 15) is 0 Å². The summed E-state index contributed by atoms with van der Waals surface area (Å²) in [6.07, 6.45) is 12.8. The lowest BCUT2D eigenvalue weighted by Gasteiger charge is -2.20. The van der Waals surface area contributed by atoms with Crippen molar-refractivity contribution in [3.8, 4) is 11.3 Å². The van der Waals surface area contributed by atoms with Gasteiger partial charge in [0.05, 0.1) is 22.4 Å². The van der Waals surface area contributed by atoms with Crippen molar-refractivity contribution in [1.29, 1.82) is 0 Å². The van der Waals surface area contributed by atoms with Crippen LogP contribution >= 0.6 is 0 Å². The van der Waals surface area contributed by atoms with Gasteiger partial charge in [-0.1, -0.05) is 97.1 Å². The van der Waals surface area contributed by atoms with Crippen LogP contribution in [0.25, 0.3) is 61.2 Å². The van der Waals surface area contributed by atoms with E-state index < -0.39 is 0 Å². The summed E-state index contributed by atoms with van der Waals surface area (Å²) in [6.45, 7) is 0. The van der Waals surface area contributed by atoms with Crippen molar-refractivity contribution in [3.05, 3.63) is 126 Å². The number of para-hydroxylation sites is 1. The second-order valence-corrected chi connectivity index (χ2v) is 10.4. The maximum Gasteiger partial charge on any atom is 0.156 e. The molecule has 0 bridgehead atoms. The first-order valence-electron chi connectivity index (χ1n) is 13.8. The van der Waals surface area contributed by atoms with Crippen molar-refractivity contribution in [1.82, 2.24) is 14.5 Å². The van der Waals surface area contributed by atoms with Crippen molar-refractivity contribution in [3.63, 3.8) is 0 Å². The molecule has 3 heteroatoms. The van der Waals surface area contributed by atoms with Crippen molar-refractivity contribution < 1.29 is 0 Å². The Kier molecular flexibility index (Phi) is 5.09. The highest BCUT2D eigenvalue weighted by Crippen LogP contribution is 2.39. The van der Waals surface area contributed by atoms with E-state index in [-0.39, 0.29) is 0 Å². The van der Waals surface area contributed by atoms with Crippen LogP contribution < -0.4 is 0 Å². The molecule has 0 fully saturated rings. The Morgan fingerprint density at radius 3 is 2.33 bits per heavy atom. The van der Waals surface area contributed by atoms with E-state index in [1.165, 1.54) is 49.4 Å². The van der Waals surface area contributed by atoms with Crippen molar-refractivity contribution in [2.75, 3.05) is 0 Å². The summed E-state index contributed by atoms with van der Waals surface area (Å²) >= 11 is 0. The Morgan fingerprint density at radius 1 is 0.641 bits per heavy atom. The van der Waals surface area contributed by atoms with Crippen LogP contribution in [0, 0.1) is 0 Å². The normalized spacial score (nSPS) is 15.0. The highest BCUT2D eigenvalue weighted by atomic mass is 15.0. The average Bonchev–Trinajstić information content (AvgIpc) is 3.36. The maximum atomic E-state index is 5.14. The molecule has 4 aromatic carbocycles. The Balaban J connectivity index is 1.28. The first-order valence-corrected chi connectivity index (χ1v) is 13.8. The van der Waals surface area contributed by atoms with Crippen LogP contribution in [0.4, 0.5) is 0 Å². The van der Waals surface area contributed by atoms with Gasteiger partial charge in [-0.3, -0.25) is 0 Å². The number of hydrogen-bond donors (Lipinski definition) is 0. The van der Waals surface area contributed by atoms with Gasteiger partial charge < -0.3 is 4.57 Å². The zero-order valence-corrected chi connectivity index (χ0v) is 21.6. The second-order valence-electron chi connectivity index (χ2n) is 10.4. The average molecular weight is 502 g/mol. The molecule has 6 aromatic rings. The predicted molar refractivity (Wildman–Crippen MR) is 163 cm³/mol. The summed E-state index contributed by atoms with van der Waals surface area (Å²) in [7, 11) is 0. The third kappa shape index (κ3) is 3.58. The molecule has 186 valence electrons. The number of aromatic nitrogens is 3. The van der Waals surface area contributed by atoms with E-state index >= 15 is 0 Å². The summed E-state index contributed by atoms with van der Waals surface area (Å²) < 4.78 is 2.46. The van der Waals surface area contributed by atoms with Gasteiger partial charge in [-0.15, -0.1) is 0 Å². The number of rotatable bonds is 3. The van der Waals surface area contributed by atoms with Crippen LogP contribution in [0.15, 0.2) is 109 Å². The number of nitrogens with zero attached hydrogens (tertiary/aromatic N) is 3. The third-order valence-corrected chi connectivity index (χ3v) is 8.17. The minimum Gasteiger partial charge on any atom is -0.313 e. The van der Waals surface area contributed by atoms with Crippen LogP contribution in [0.1, 0.15) is 36.3 Å². The third-order valence-electron chi connectivity index (χ3n) is 8.17. The minimum absolute atomic E-state index is 0.867. The lowest BCUT2D eigenvalue weighted by Crippen LogP contribution is -2.09. The molecule has 8 rings (SSSR count). The summed E-state index contributed by atoms with van der Waals surface area (Å²) in [5, 5.41) is 5.22. The fourth-order valence-corrected chi connectivity index (χ4v) is 6.31. The molecule has 3 nitrogen and oxygen atoms in total. The Labute approximate surface area is 227 Å². The van der Waals surface area contributed by atoms with Crippen LogP contribution in [-0.4, -0.2) is 14.5 Å². The molecule has 2 aliphatic rings. The summed E-state index contributed by atoms with van der Waals surface area (Å²) in [5.41, 5.74) is 9.55. The molecular formula is C36H27N3. The van der Waals surface area contributed by atoms with E-state index in [0.29, 0.717) is 0 Å². The van der Waals surface area contributed by atoms with E-state index in [1.54, 1.807) is 0 Å². The number of benzene rings is 4. The van der Waals surface area contributed by atoms with Gasteiger partial charge in [0, 0.05) is 27.6 Å². The Bertz CT molecular complexity index is 2000. The lowest BCUT2D eigenvalue weighted by atomic mass is 9.96. The molecule has 0 saturated heterocycles. The smallest absolute Gasteiger partial charge is 0.156 e. The Morgan fingerprint density at radius 2 is 1.46 bits per heavy atom. The van der Waals surface area contributed by atoms with Gasteiger partial charge in [0.25, 0.3) is 0 Å². The number of fused-ring (bicyclic) bond motifs is 6. The zero-order chi connectivity index (χ0) is 25.8. The molecule has 0 aliphatic heterocycles. The SMILES string of the molecule is C1=Cc2c(nc(C3=CC=C(n4c5ccccc5c5c6ccccc6ccc54)CC3)nc2-c2ccccc2)CC1. The number of allylic oxidation sites excluding steroid dienone is 5. The van der Waals surface area contributed by atoms with Gasteiger partial charge in [-0.05, 0) is 60.2 Å². The first-order chi connectivity index (χ1) is 19.3. The zero-order valence-electron chi connectivity index (χ0n) is 21.6. The number of hydrogen-bond acceptors (Lipinski definition) is 2. The van der Waals surface area contributed by atoms with E-state index in [1.807, 2.05) is 0 Å². The molecule has 2 heterocycles. The highest BCUT2D eigenvalue weighted by Gasteiger charge is 2.21. The van der Waals surface area contributed by atoms with Gasteiger partial charge >= 0.3 is 0 Å². The van der Waals surface area contributed by atoms with Crippen LogP contribution in [-0.2, 0) is 6.42 Å². The fraction of sp³-hybridized carbons (Fsp3) is 0.111. The maximum absolute atomic E-state index is 5.14. The standard InChI is InChI=1S/C36H27N3/c1-2-11-25(12-3-1)35-29-14-6-8-16-31(29)37-36(38-35)26-18-21-27(22-19-26)39-32-17-9-7-15-30(32)34-28-13-5-4-10-24(28)20-23-33(34)39/h1-7,9-15,17-18,20-21,23H,8,16,19,22H2. The molecule has 39 heavy (non-hydrogen) atoms. The van der Waals surface area contributed by atoms with Gasteiger partial charge in [-0.25, -0.2) is 9.97 Å². The Hall–Kier alpha value is -4.76. The van der Waals surface area contributed by atoms with Crippen molar-refractivity contribution in [2.24, 2.45) is 0 Å². The van der Waals surface area contributed by atoms with Gasteiger partial charge in [0.1, 0.15) is 0 Å². The molecule has 0 atom stereocenters. The molecule has 0 saturated carbocycles. The van der Waals surface area contributed by atoms with Crippen molar-refractivity contribution >= 4 is 49.9 Å². The van der Waals surface area contributed by atoms with Gasteiger partial charge in [0.2, 0.25) is 0 Å². The van der Waals surface area contributed by atoms with Crippen LogP contribution in [0.5, 0.6) is 0 Å². The minimum atomic E-state index is 0.867. The largest absolute Gasteiger partial charge is 0.313 e. The monoisotopic (exact) mass is 501 g/mol. The van der Waals surface area contributed by atoms with E-state index in [4.69, 9.17) is 9.97 Å². The predicted octanol–water partition coefficient (Wildman–Crippen LogP) is 9.08. The summed E-state index contributed by atoms with van der Waals surface area (Å²) in [4.78, 5) is 10.2.